The number of carbonyl (C=O) groups is 1. The number of aliphatic carboxylic acids is 1. The van der Waals surface area contributed by atoms with E-state index in [0.717, 1.165) is 49.0 Å². The van der Waals surface area contributed by atoms with Gasteiger partial charge < -0.3 is 20.3 Å². The lowest BCUT2D eigenvalue weighted by molar-refractivity contribution is -0.136. The summed E-state index contributed by atoms with van der Waals surface area (Å²) in [7, 11) is 0. The van der Waals surface area contributed by atoms with Crippen molar-refractivity contribution >= 4 is 5.97 Å². The Balaban J connectivity index is 1.63. The number of benzene rings is 3. The highest BCUT2D eigenvalue weighted by molar-refractivity contribution is 5.71. The molecular formula is C29H32FNO4. The van der Waals surface area contributed by atoms with Crippen molar-refractivity contribution in [1.82, 2.24) is 0 Å². The lowest BCUT2D eigenvalue weighted by Crippen LogP contribution is -2.09. The van der Waals surface area contributed by atoms with Gasteiger partial charge in [-0.05, 0) is 61.4 Å². The van der Waals surface area contributed by atoms with Gasteiger partial charge in [-0.3, -0.25) is 4.79 Å². The Kier molecular flexibility index (Phi) is 8.16. The van der Waals surface area contributed by atoms with Gasteiger partial charge in [-0.25, -0.2) is 4.39 Å². The molecule has 0 radical (unpaired) electrons. The van der Waals surface area contributed by atoms with Gasteiger partial charge in [0.1, 0.15) is 18.2 Å². The summed E-state index contributed by atoms with van der Waals surface area (Å²) >= 11 is 0. The highest BCUT2D eigenvalue weighted by Gasteiger charge is 2.17. The van der Waals surface area contributed by atoms with Gasteiger partial charge in [0.2, 0.25) is 0 Å². The molecule has 2 atom stereocenters. The number of hydrogen-bond acceptors (Lipinski definition) is 4. The number of halogens is 1. The molecule has 3 aromatic carbocycles. The summed E-state index contributed by atoms with van der Waals surface area (Å²) in [4.78, 5) is 11.2. The quantitative estimate of drug-likeness (QED) is 0.384. The van der Waals surface area contributed by atoms with Crippen LogP contribution < -0.4 is 10.5 Å². The molecule has 1 heterocycles. The molecule has 0 spiro atoms. The first-order valence-corrected chi connectivity index (χ1v) is 12.1. The first kappa shape index (κ1) is 24.9. The van der Waals surface area contributed by atoms with E-state index in [0.29, 0.717) is 22.4 Å². The summed E-state index contributed by atoms with van der Waals surface area (Å²) in [5, 5.41) is 9.20. The van der Waals surface area contributed by atoms with Gasteiger partial charge in [-0.1, -0.05) is 48.5 Å². The molecule has 1 aliphatic rings. The van der Waals surface area contributed by atoms with Crippen molar-refractivity contribution in [3.63, 3.8) is 0 Å². The molecule has 6 heteroatoms. The van der Waals surface area contributed by atoms with E-state index >= 15 is 4.39 Å². The molecule has 0 amide bonds. The van der Waals surface area contributed by atoms with Crippen molar-refractivity contribution in [2.45, 2.75) is 57.8 Å². The average Bonchev–Trinajstić information content (AvgIpc) is 3.35. The molecule has 0 bridgehead atoms. The van der Waals surface area contributed by atoms with Crippen LogP contribution in [0.5, 0.6) is 5.75 Å². The third kappa shape index (κ3) is 6.47. The molecule has 0 aliphatic carbocycles. The van der Waals surface area contributed by atoms with Crippen molar-refractivity contribution < 1.29 is 23.8 Å². The third-order valence-corrected chi connectivity index (χ3v) is 6.37. The molecule has 0 aromatic heterocycles. The fraction of sp³-hybridized carbons (Fsp3) is 0.345. The first-order chi connectivity index (χ1) is 16.9. The van der Waals surface area contributed by atoms with Crippen molar-refractivity contribution in [2.75, 3.05) is 6.61 Å². The van der Waals surface area contributed by atoms with Crippen LogP contribution in [0.15, 0.2) is 60.7 Å². The van der Waals surface area contributed by atoms with Crippen LogP contribution in [0.4, 0.5) is 4.39 Å². The monoisotopic (exact) mass is 477 g/mol. The Bertz CT molecular complexity index is 1170. The zero-order chi connectivity index (χ0) is 24.8. The molecule has 1 aliphatic heterocycles. The molecule has 5 nitrogen and oxygen atoms in total. The number of ether oxygens (including phenoxy) is 2. The van der Waals surface area contributed by atoms with Crippen LogP contribution in [0.1, 0.15) is 54.5 Å². The van der Waals surface area contributed by atoms with Gasteiger partial charge >= 0.3 is 5.97 Å². The number of rotatable bonds is 10. The van der Waals surface area contributed by atoms with Crippen molar-refractivity contribution in [3.8, 4) is 16.9 Å². The molecule has 1 fully saturated rings. The van der Waals surface area contributed by atoms with E-state index in [1.165, 1.54) is 0 Å². The second kappa shape index (κ2) is 11.5. The summed E-state index contributed by atoms with van der Waals surface area (Å²) < 4.78 is 27.2. The van der Waals surface area contributed by atoms with Crippen LogP contribution >= 0.6 is 0 Å². The number of nitrogens with two attached hydrogens (primary N) is 1. The molecule has 184 valence electrons. The topological polar surface area (TPSA) is 81.8 Å². The molecule has 1 saturated heterocycles. The van der Waals surface area contributed by atoms with Crippen LogP contribution in [0.3, 0.4) is 0 Å². The Labute approximate surface area is 205 Å². The zero-order valence-corrected chi connectivity index (χ0v) is 20.0. The van der Waals surface area contributed by atoms with Crippen molar-refractivity contribution in [2.24, 2.45) is 5.73 Å². The molecule has 3 aromatic rings. The summed E-state index contributed by atoms with van der Waals surface area (Å²) in [5.74, 6) is -0.687. The maximum Gasteiger partial charge on any atom is 0.307 e. The molecule has 0 saturated carbocycles. The van der Waals surface area contributed by atoms with E-state index in [9.17, 15) is 9.90 Å². The Morgan fingerprint density at radius 3 is 2.71 bits per heavy atom. The number of para-hydroxylation sites is 1. The van der Waals surface area contributed by atoms with Crippen LogP contribution in [-0.2, 0) is 29.0 Å². The maximum atomic E-state index is 15.3. The van der Waals surface area contributed by atoms with Gasteiger partial charge in [-0.2, -0.15) is 0 Å². The summed E-state index contributed by atoms with van der Waals surface area (Å²) in [6, 6.07) is 18.1. The van der Waals surface area contributed by atoms with E-state index in [1.807, 2.05) is 24.3 Å². The second-order valence-electron chi connectivity index (χ2n) is 9.18. The highest BCUT2D eigenvalue weighted by Crippen LogP contribution is 2.31. The molecule has 3 N–H and O–H groups in total. The maximum absolute atomic E-state index is 15.3. The predicted molar refractivity (Wildman–Crippen MR) is 134 cm³/mol. The lowest BCUT2D eigenvalue weighted by Gasteiger charge is -2.16. The van der Waals surface area contributed by atoms with E-state index in [-0.39, 0.29) is 24.9 Å². The molecular weight excluding hydrogens is 445 g/mol. The minimum Gasteiger partial charge on any atom is -0.489 e. The van der Waals surface area contributed by atoms with Gasteiger partial charge in [0, 0.05) is 29.3 Å². The summed E-state index contributed by atoms with van der Waals surface area (Å²) in [5.41, 5.74) is 10.3. The average molecular weight is 478 g/mol. The van der Waals surface area contributed by atoms with Crippen molar-refractivity contribution in [1.29, 1.82) is 0 Å². The summed E-state index contributed by atoms with van der Waals surface area (Å²) in [6.07, 6.45) is 4.04. The van der Waals surface area contributed by atoms with E-state index < -0.39 is 12.0 Å². The van der Waals surface area contributed by atoms with E-state index in [1.54, 1.807) is 37.3 Å². The largest absolute Gasteiger partial charge is 0.489 e. The van der Waals surface area contributed by atoms with Crippen LogP contribution in [0, 0.1) is 5.82 Å². The Morgan fingerprint density at radius 1 is 1.17 bits per heavy atom. The molecule has 0 unspecified atom stereocenters. The standard InChI is InChI=1S/C29H32FNO4/c1-19(31)25-8-4-9-26(29(25)30)23-15-20(11-12-24-7-5-13-34-24)14-21(16-23)18-35-27-10-3-2-6-22(27)17-28(32)33/h2-4,6,8-10,14-16,19,24H,5,7,11-13,17-18,31H2,1H3,(H,32,33)/t19-,24-/m1/s1. The molecule has 35 heavy (non-hydrogen) atoms. The minimum atomic E-state index is -0.913. The Morgan fingerprint density at radius 2 is 1.97 bits per heavy atom. The zero-order valence-electron chi connectivity index (χ0n) is 20.0. The van der Waals surface area contributed by atoms with Crippen LogP contribution in [-0.4, -0.2) is 23.8 Å². The van der Waals surface area contributed by atoms with Crippen LogP contribution in [0.2, 0.25) is 0 Å². The first-order valence-electron chi connectivity index (χ1n) is 12.1. The fourth-order valence-corrected chi connectivity index (χ4v) is 4.58. The fourth-order valence-electron chi connectivity index (χ4n) is 4.58. The minimum absolute atomic E-state index is 0.113. The summed E-state index contributed by atoms with van der Waals surface area (Å²) in [6.45, 7) is 2.83. The van der Waals surface area contributed by atoms with Crippen molar-refractivity contribution in [3.05, 3.63) is 88.7 Å². The van der Waals surface area contributed by atoms with Gasteiger partial charge in [0.15, 0.2) is 0 Å². The number of hydrogen-bond donors (Lipinski definition) is 2. The lowest BCUT2D eigenvalue weighted by atomic mass is 9.94. The Hall–Kier alpha value is -3.22. The SMILES string of the molecule is C[C@@H](N)c1cccc(-c2cc(CC[C@H]3CCCO3)cc(COc3ccccc3CC(=O)O)c2)c1F. The highest BCUT2D eigenvalue weighted by atomic mass is 19.1. The molecule has 4 rings (SSSR count). The number of aryl methyl sites for hydroxylation is 1. The smallest absolute Gasteiger partial charge is 0.307 e. The van der Waals surface area contributed by atoms with Crippen LogP contribution in [0.25, 0.3) is 11.1 Å². The second-order valence-corrected chi connectivity index (χ2v) is 9.18. The van der Waals surface area contributed by atoms with Gasteiger partial charge in [-0.15, -0.1) is 0 Å². The normalized spacial score (nSPS) is 16.3. The van der Waals surface area contributed by atoms with Gasteiger partial charge in [0.05, 0.1) is 12.5 Å². The number of carboxylic acid groups (broad SMARTS) is 1. The van der Waals surface area contributed by atoms with E-state index in [4.69, 9.17) is 15.2 Å². The van der Waals surface area contributed by atoms with E-state index in [2.05, 4.69) is 6.07 Å². The van der Waals surface area contributed by atoms with Gasteiger partial charge in [0.25, 0.3) is 0 Å². The number of carboxylic acids is 1. The third-order valence-electron chi connectivity index (χ3n) is 6.37. The predicted octanol–water partition coefficient (Wildman–Crippen LogP) is 5.83.